The van der Waals surface area contributed by atoms with Crippen LogP contribution in [0.2, 0.25) is 0 Å². The highest BCUT2D eigenvalue weighted by Crippen LogP contribution is 2.29. The average molecular weight is 309 g/mol. The highest BCUT2D eigenvalue weighted by atomic mass is 32.1. The number of hydrogen-bond acceptors (Lipinski definition) is 5. The summed E-state index contributed by atoms with van der Waals surface area (Å²) in [6, 6.07) is 4.66. The summed E-state index contributed by atoms with van der Waals surface area (Å²) in [5.41, 5.74) is 1.20. The Labute approximate surface area is 126 Å². The Balaban J connectivity index is 2.07. The molecule has 0 fully saturated rings. The molecule has 0 atom stereocenters. The van der Waals surface area contributed by atoms with E-state index in [1.807, 2.05) is 5.38 Å². The van der Waals surface area contributed by atoms with Gasteiger partial charge in [0.15, 0.2) is 0 Å². The van der Waals surface area contributed by atoms with Gasteiger partial charge in [-0.05, 0) is 19.1 Å². The summed E-state index contributed by atoms with van der Waals surface area (Å²) >= 11 is 1.35. The second-order valence-corrected chi connectivity index (χ2v) is 5.15. The molecule has 0 N–H and O–H groups in total. The highest BCUT2D eigenvalue weighted by molar-refractivity contribution is 7.13. The number of ether oxygens (including phenoxy) is 2. The van der Waals surface area contributed by atoms with Gasteiger partial charge in [-0.25, -0.2) is 9.37 Å². The van der Waals surface area contributed by atoms with Crippen LogP contribution in [0.25, 0.3) is 10.6 Å². The van der Waals surface area contributed by atoms with E-state index >= 15 is 0 Å². The van der Waals surface area contributed by atoms with Crippen LogP contribution in [0, 0.1) is 5.82 Å². The summed E-state index contributed by atoms with van der Waals surface area (Å²) in [4.78, 5) is 15.7. The number of nitrogens with zero attached hydrogens (tertiary/aromatic N) is 1. The van der Waals surface area contributed by atoms with Gasteiger partial charge in [0.05, 0.1) is 25.8 Å². The van der Waals surface area contributed by atoms with Crippen molar-refractivity contribution in [3.8, 4) is 16.3 Å². The molecule has 0 saturated carbocycles. The Bertz CT molecular complexity index is 627. The van der Waals surface area contributed by atoms with E-state index in [-0.39, 0.29) is 18.2 Å². The van der Waals surface area contributed by atoms with Gasteiger partial charge >= 0.3 is 5.97 Å². The number of hydrogen-bond donors (Lipinski definition) is 0. The maximum absolute atomic E-state index is 14.0. The summed E-state index contributed by atoms with van der Waals surface area (Å²) in [5.74, 6) is -0.154. The van der Waals surface area contributed by atoms with Crippen molar-refractivity contribution in [2.45, 2.75) is 19.8 Å². The van der Waals surface area contributed by atoms with Gasteiger partial charge in [0.25, 0.3) is 0 Å². The lowest BCUT2D eigenvalue weighted by Gasteiger charge is -2.03. The van der Waals surface area contributed by atoms with Gasteiger partial charge in [0, 0.05) is 23.4 Å². The summed E-state index contributed by atoms with van der Waals surface area (Å²) in [6.45, 7) is 2.14. The van der Waals surface area contributed by atoms with Crippen molar-refractivity contribution in [2.24, 2.45) is 0 Å². The second-order valence-electron chi connectivity index (χ2n) is 4.29. The lowest BCUT2D eigenvalue weighted by atomic mass is 10.2. The lowest BCUT2D eigenvalue weighted by molar-refractivity contribution is -0.143. The van der Waals surface area contributed by atoms with Crippen LogP contribution in [-0.2, 0) is 16.0 Å². The molecule has 0 aliphatic heterocycles. The van der Waals surface area contributed by atoms with E-state index in [2.05, 4.69) is 4.98 Å². The van der Waals surface area contributed by atoms with Gasteiger partial charge in [0.2, 0.25) is 0 Å². The smallest absolute Gasteiger partial charge is 0.306 e. The monoisotopic (exact) mass is 309 g/mol. The van der Waals surface area contributed by atoms with Crippen molar-refractivity contribution < 1.29 is 18.7 Å². The molecule has 4 nitrogen and oxygen atoms in total. The number of methoxy groups -OCH3 is 1. The van der Waals surface area contributed by atoms with Gasteiger partial charge in [-0.15, -0.1) is 11.3 Å². The van der Waals surface area contributed by atoms with E-state index in [9.17, 15) is 9.18 Å². The molecule has 0 spiro atoms. The lowest BCUT2D eigenvalue weighted by Crippen LogP contribution is -2.05. The van der Waals surface area contributed by atoms with Crippen LogP contribution in [0.4, 0.5) is 4.39 Å². The zero-order valence-corrected chi connectivity index (χ0v) is 12.7. The van der Waals surface area contributed by atoms with E-state index in [4.69, 9.17) is 9.47 Å². The standard InChI is InChI=1S/C15H16FNO3S/c1-3-20-14(18)7-4-10-9-21-15(17-10)12-6-5-11(19-2)8-13(12)16/h5-6,8-9H,3-4,7H2,1-2H3. The molecule has 0 aliphatic carbocycles. The molecule has 6 heteroatoms. The topological polar surface area (TPSA) is 48.4 Å². The van der Waals surface area contributed by atoms with E-state index in [0.717, 1.165) is 5.69 Å². The van der Waals surface area contributed by atoms with Crippen LogP contribution in [0.15, 0.2) is 23.6 Å². The van der Waals surface area contributed by atoms with Crippen molar-refractivity contribution in [3.63, 3.8) is 0 Å². The maximum atomic E-state index is 14.0. The number of aromatic nitrogens is 1. The number of esters is 1. The first-order chi connectivity index (χ1) is 10.1. The molecule has 112 valence electrons. The molecule has 0 unspecified atom stereocenters. The quantitative estimate of drug-likeness (QED) is 0.767. The van der Waals surface area contributed by atoms with E-state index in [0.29, 0.717) is 29.3 Å². The minimum atomic E-state index is -0.374. The highest BCUT2D eigenvalue weighted by Gasteiger charge is 2.12. The van der Waals surface area contributed by atoms with Crippen molar-refractivity contribution in [1.29, 1.82) is 0 Å². The van der Waals surface area contributed by atoms with Crippen molar-refractivity contribution >= 4 is 17.3 Å². The van der Waals surface area contributed by atoms with Crippen LogP contribution in [-0.4, -0.2) is 24.7 Å². The van der Waals surface area contributed by atoms with Crippen LogP contribution < -0.4 is 4.74 Å². The van der Waals surface area contributed by atoms with E-state index < -0.39 is 0 Å². The zero-order chi connectivity index (χ0) is 15.2. The summed E-state index contributed by atoms with van der Waals surface area (Å²) in [7, 11) is 1.49. The van der Waals surface area contributed by atoms with Gasteiger partial charge in [-0.2, -0.15) is 0 Å². The molecule has 0 aliphatic rings. The third kappa shape index (κ3) is 4.01. The molecule has 2 aromatic rings. The number of rotatable bonds is 6. The Morgan fingerprint density at radius 1 is 1.43 bits per heavy atom. The number of aryl methyl sites for hydroxylation is 1. The minimum Gasteiger partial charge on any atom is -0.497 e. The van der Waals surface area contributed by atoms with E-state index in [1.54, 1.807) is 19.1 Å². The summed E-state index contributed by atoms with van der Waals surface area (Å²) < 4.78 is 23.8. The largest absolute Gasteiger partial charge is 0.497 e. The van der Waals surface area contributed by atoms with Crippen LogP contribution in [0.1, 0.15) is 19.0 Å². The van der Waals surface area contributed by atoms with Gasteiger partial charge in [-0.1, -0.05) is 0 Å². The number of halogens is 1. The molecule has 0 saturated heterocycles. The fraction of sp³-hybridized carbons (Fsp3) is 0.333. The van der Waals surface area contributed by atoms with Crippen LogP contribution >= 0.6 is 11.3 Å². The molecule has 0 amide bonds. The van der Waals surface area contributed by atoms with E-state index in [1.165, 1.54) is 24.5 Å². The molecular formula is C15H16FNO3S. The molecule has 2 rings (SSSR count). The normalized spacial score (nSPS) is 10.4. The Kier molecular flexibility index (Phi) is 5.27. The Morgan fingerprint density at radius 2 is 2.24 bits per heavy atom. The number of carbonyl (C=O) groups excluding carboxylic acids is 1. The maximum Gasteiger partial charge on any atom is 0.306 e. The van der Waals surface area contributed by atoms with Gasteiger partial charge in [-0.3, -0.25) is 4.79 Å². The third-order valence-corrected chi connectivity index (χ3v) is 3.77. The molecular weight excluding hydrogens is 293 g/mol. The Hall–Kier alpha value is -1.95. The first-order valence-electron chi connectivity index (χ1n) is 6.58. The molecule has 0 bridgehead atoms. The molecule has 0 radical (unpaired) electrons. The average Bonchev–Trinajstić information content (AvgIpc) is 2.94. The predicted octanol–water partition coefficient (Wildman–Crippen LogP) is 3.45. The first kappa shape index (κ1) is 15.4. The minimum absolute atomic E-state index is 0.248. The van der Waals surface area contributed by atoms with Crippen molar-refractivity contribution in [3.05, 3.63) is 35.1 Å². The second kappa shape index (κ2) is 7.17. The summed E-state index contributed by atoms with van der Waals surface area (Å²) in [5, 5.41) is 2.42. The molecule has 1 aromatic heterocycles. The van der Waals surface area contributed by atoms with Crippen molar-refractivity contribution in [2.75, 3.05) is 13.7 Å². The molecule has 21 heavy (non-hydrogen) atoms. The van der Waals surface area contributed by atoms with Crippen LogP contribution in [0.5, 0.6) is 5.75 Å². The first-order valence-corrected chi connectivity index (χ1v) is 7.46. The van der Waals surface area contributed by atoms with Crippen LogP contribution in [0.3, 0.4) is 0 Å². The zero-order valence-electron chi connectivity index (χ0n) is 11.9. The fourth-order valence-corrected chi connectivity index (χ4v) is 2.69. The fourth-order valence-electron chi connectivity index (χ4n) is 1.81. The molecule has 1 aromatic carbocycles. The third-order valence-electron chi connectivity index (χ3n) is 2.85. The number of thiazole rings is 1. The van der Waals surface area contributed by atoms with Gasteiger partial charge in [0.1, 0.15) is 16.6 Å². The molecule has 1 heterocycles. The number of benzene rings is 1. The number of carbonyl (C=O) groups is 1. The predicted molar refractivity (Wildman–Crippen MR) is 79.0 cm³/mol. The SMILES string of the molecule is CCOC(=O)CCc1csc(-c2ccc(OC)cc2F)n1. The van der Waals surface area contributed by atoms with Crippen molar-refractivity contribution in [1.82, 2.24) is 4.98 Å². The van der Waals surface area contributed by atoms with Gasteiger partial charge < -0.3 is 9.47 Å². The summed E-state index contributed by atoms with van der Waals surface area (Å²) in [6.07, 6.45) is 0.773. The Morgan fingerprint density at radius 3 is 2.90 bits per heavy atom.